The van der Waals surface area contributed by atoms with E-state index >= 15 is 0 Å². The first-order valence-electron chi connectivity index (χ1n) is 10.0. The molecule has 2 aromatic carbocycles. The van der Waals surface area contributed by atoms with E-state index in [4.69, 9.17) is 10.1 Å². The van der Waals surface area contributed by atoms with E-state index in [1.807, 2.05) is 18.3 Å². The van der Waals surface area contributed by atoms with Gasteiger partial charge in [-0.3, -0.25) is 10.4 Å². The van der Waals surface area contributed by atoms with Crippen LogP contribution in [0.1, 0.15) is 55.5 Å². The van der Waals surface area contributed by atoms with Crippen molar-refractivity contribution in [2.75, 3.05) is 0 Å². The Kier molecular flexibility index (Phi) is 5.01. The van der Waals surface area contributed by atoms with Crippen molar-refractivity contribution in [2.45, 2.75) is 39.5 Å². The lowest BCUT2D eigenvalue weighted by Crippen LogP contribution is -2.20. The van der Waals surface area contributed by atoms with Gasteiger partial charge in [-0.1, -0.05) is 58.0 Å². The van der Waals surface area contributed by atoms with Crippen LogP contribution in [0.4, 0.5) is 5.69 Å². The van der Waals surface area contributed by atoms with Gasteiger partial charge in [0.1, 0.15) is 5.71 Å². The van der Waals surface area contributed by atoms with Crippen molar-refractivity contribution in [1.29, 1.82) is 0 Å². The van der Waals surface area contributed by atoms with Gasteiger partial charge in [-0.05, 0) is 47.2 Å². The zero-order chi connectivity index (χ0) is 20.4. The van der Waals surface area contributed by atoms with Crippen molar-refractivity contribution < 1.29 is 0 Å². The molecule has 0 saturated carbocycles. The summed E-state index contributed by atoms with van der Waals surface area (Å²) in [5.41, 5.74) is 10.6. The molecule has 2 heterocycles. The Labute approximate surface area is 172 Å². The van der Waals surface area contributed by atoms with Crippen LogP contribution in [0.15, 0.2) is 77.1 Å². The maximum Gasteiger partial charge on any atom is 0.154 e. The molecule has 0 atom stereocenters. The minimum Gasteiger partial charge on any atom is -0.264 e. The van der Waals surface area contributed by atoms with Gasteiger partial charge in [-0.25, -0.2) is 4.99 Å². The first-order valence-corrected chi connectivity index (χ1v) is 10.0. The quantitative estimate of drug-likeness (QED) is 0.661. The summed E-state index contributed by atoms with van der Waals surface area (Å²) >= 11 is 0. The number of hydrogen-bond acceptors (Lipinski definition) is 4. The molecule has 0 saturated heterocycles. The standard InChI is InChI=1S/C25H26N4/c1-5-17-8-13-22-21(15-17)23(19-7-6-14-26-16-19)28-29-24(27-22)18-9-11-20(12-10-18)25(2,3)4/h6-16H,5H2,1-4H3,(H,27,29). The van der Waals surface area contributed by atoms with Gasteiger partial charge < -0.3 is 0 Å². The summed E-state index contributed by atoms with van der Waals surface area (Å²) in [6, 6.07) is 18.9. The first kappa shape index (κ1) is 19.1. The lowest BCUT2D eigenvalue weighted by Gasteiger charge is -2.19. The molecule has 0 radical (unpaired) electrons. The number of aromatic nitrogens is 1. The molecule has 4 nitrogen and oxygen atoms in total. The van der Waals surface area contributed by atoms with Crippen molar-refractivity contribution in [1.82, 2.24) is 10.4 Å². The number of amidine groups is 1. The summed E-state index contributed by atoms with van der Waals surface area (Å²) in [5, 5.41) is 4.74. The average molecular weight is 383 g/mol. The second-order valence-electron chi connectivity index (χ2n) is 8.31. The molecule has 29 heavy (non-hydrogen) atoms. The first-order chi connectivity index (χ1) is 14.0. The van der Waals surface area contributed by atoms with E-state index in [0.29, 0.717) is 0 Å². The van der Waals surface area contributed by atoms with Gasteiger partial charge in [0.25, 0.3) is 0 Å². The SMILES string of the molecule is CCc1ccc2c(c1)C(c1cccnc1)=NNC(c1ccc(C(C)(C)C)cc1)=N2. The van der Waals surface area contributed by atoms with Crippen molar-refractivity contribution >= 4 is 17.2 Å². The van der Waals surface area contributed by atoms with Crippen LogP contribution >= 0.6 is 0 Å². The number of hydrogen-bond donors (Lipinski definition) is 1. The van der Waals surface area contributed by atoms with Gasteiger partial charge in [0.2, 0.25) is 0 Å². The molecule has 0 aliphatic carbocycles. The van der Waals surface area contributed by atoms with Gasteiger partial charge in [0, 0.05) is 29.1 Å². The molecule has 0 fully saturated rings. The van der Waals surface area contributed by atoms with Crippen molar-refractivity contribution in [2.24, 2.45) is 10.1 Å². The summed E-state index contributed by atoms with van der Waals surface area (Å²) in [6.07, 6.45) is 4.58. The van der Waals surface area contributed by atoms with Crippen molar-refractivity contribution in [3.8, 4) is 0 Å². The van der Waals surface area contributed by atoms with Crippen LogP contribution in [0.25, 0.3) is 0 Å². The molecular weight excluding hydrogens is 356 g/mol. The average Bonchev–Trinajstić information content (AvgIpc) is 2.93. The van der Waals surface area contributed by atoms with Crippen LogP contribution in [0.3, 0.4) is 0 Å². The molecule has 0 unspecified atom stereocenters. The summed E-state index contributed by atoms with van der Waals surface area (Å²) in [5.74, 6) is 0.745. The number of rotatable bonds is 3. The van der Waals surface area contributed by atoms with Crippen LogP contribution in [0, 0.1) is 0 Å². The fraction of sp³-hybridized carbons (Fsp3) is 0.240. The molecule has 0 bridgehead atoms. The van der Waals surface area contributed by atoms with Gasteiger partial charge >= 0.3 is 0 Å². The van der Waals surface area contributed by atoms with Crippen LogP contribution in [-0.4, -0.2) is 16.5 Å². The highest BCUT2D eigenvalue weighted by Crippen LogP contribution is 2.28. The van der Waals surface area contributed by atoms with Crippen LogP contribution < -0.4 is 5.43 Å². The third kappa shape index (κ3) is 3.97. The van der Waals surface area contributed by atoms with Crippen molar-refractivity contribution in [3.05, 3.63) is 94.8 Å². The van der Waals surface area contributed by atoms with Gasteiger partial charge in [-0.15, -0.1) is 0 Å². The zero-order valence-corrected chi connectivity index (χ0v) is 17.4. The normalized spacial score (nSPS) is 13.7. The topological polar surface area (TPSA) is 49.6 Å². The Morgan fingerprint density at radius 2 is 1.72 bits per heavy atom. The maximum atomic E-state index is 4.92. The Hall–Kier alpha value is -3.27. The number of aryl methyl sites for hydroxylation is 1. The number of nitrogens with zero attached hydrogens (tertiary/aromatic N) is 3. The van der Waals surface area contributed by atoms with Crippen LogP contribution in [-0.2, 0) is 11.8 Å². The second-order valence-corrected chi connectivity index (χ2v) is 8.31. The van der Waals surface area contributed by atoms with E-state index in [1.54, 1.807) is 6.20 Å². The zero-order valence-electron chi connectivity index (χ0n) is 17.4. The van der Waals surface area contributed by atoms with Crippen LogP contribution in [0.5, 0.6) is 0 Å². The summed E-state index contributed by atoms with van der Waals surface area (Å²) in [7, 11) is 0. The van der Waals surface area contributed by atoms with E-state index in [0.717, 1.165) is 40.3 Å². The summed E-state index contributed by atoms with van der Waals surface area (Å²) in [6.45, 7) is 8.81. The minimum atomic E-state index is 0.117. The number of fused-ring (bicyclic) bond motifs is 1. The van der Waals surface area contributed by atoms with E-state index in [1.165, 1.54) is 11.1 Å². The lowest BCUT2D eigenvalue weighted by atomic mass is 9.86. The molecule has 3 aromatic rings. The third-order valence-corrected chi connectivity index (χ3v) is 5.19. The molecule has 0 spiro atoms. The second kappa shape index (κ2) is 7.63. The minimum absolute atomic E-state index is 0.117. The summed E-state index contributed by atoms with van der Waals surface area (Å²) in [4.78, 5) is 9.19. The fourth-order valence-electron chi connectivity index (χ4n) is 3.38. The van der Waals surface area contributed by atoms with Crippen molar-refractivity contribution in [3.63, 3.8) is 0 Å². The maximum absolute atomic E-state index is 4.92. The lowest BCUT2D eigenvalue weighted by molar-refractivity contribution is 0.590. The van der Waals surface area contributed by atoms with Crippen LogP contribution in [0.2, 0.25) is 0 Å². The van der Waals surface area contributed by atoms with E-state index in [9.17, 15) is 0 Å². The third-order valence-electron chi connectivity index (χ3n) is 5.19. The Bertz CT molecular complexity index is 1070. The van der Waals surface area contributed by atoms with Gasteiger partial charge in [0.05, 0.1) is 5.69 Å². The molecule has 1 N–H and O–H groups in total. The molecule has 1 aliphatic rings. The molecule has 4 rings (SSSR count). The molecule has 146 valence electrons. The number of pyridine rings is 1. The molecule has 1 aliphatic heterocycles. The highest BCUT2D eigenvalue weighted by molar-refractivity contribution is 6.17. The van der Waals surface area contributed by atoms with Gasteiger partial charge in [0.15, 0.2) is 5.84 Å². The van der Waals surface area contributed by atoms with E-state index in [-0.39, 0.29) is 5.41 Å². The predicted molar refractivity (Wildman–Crippen MR) is 120 cm³/mol. The Balaban J connectivity index is 1.80. The van der Waals surface area contributed by atoms with E-state index < -0.39 is 0 Å². The highest BCUT2D eigenvalue weighted by Gasteiger charge is 2.19. The number of hydrazone groups is 1. The largest absolute Gasteiger partial charge is 0.264 e. The number of benzene rings is 2. The summed E-state index contributed by atoms with van der Waals surface area (Å²) < 4.78 is 0. The highest BCUT2D eigenvalue weighted by atomic mass is 15.3. The smallest absolute Gasteiger partial charge is 0.154 e. The monoisotopic (exact) mass is 382 g/mol. The molecule has 1 aromatic heterocycles. The van der Waals surface area contributed by atoms with E-state index in [2.05, 4.69) is 80.6 Å². The molecular formula is C25H26N4. The number of nitrogens with one attached hydrogen (secondary N) is 1. The Morgan fingerprint density at radius 1 is 0.931 bits per heavy atom. The molecule has 4 heteroatoms. The fourth-order valence-corrected chi connectivity index (χ4v) is 3.38. The number of aliphatic imine (C=N–C) groups is 1. The van der Waals surface area contributed by atoms with Gasteiger partial charge in [-0.2, -0.15) is 5.10 Å². The predicted octanol–water partition coefficient (Wildman–Crippen LogP) is 5.38. The molecule has 0 amide bonds. The Morgan fingerprint density at radius 3 is 2.38 bits per heavy atom.